The Balaban J connectivity index is 1.44. The molecule has 3 aromatic rings. The zero-order valence-electron chi connectivity index (χ0n) is 18.2. The summed E-state index contributed by atoms with van der Waals surface area (Å²) in [5, 5.41) is 2.94. The first-order valence-corrected chi connectivity index (χ1v) is 11.1. The van der Waals surface area contributed by atoms with Crippen molar-refractivity contribution < 1.29 is 18.0 Å². The van der Waals surface area contributed by atoms with Crippen molar-refractivity contribution in [1.29, 1.82) is 0 Å². The van der Waals surface area contributed by atoms with Gasteiger partial charge in [0.05, 0.1) is 36.0 Å². The largest absolute Gasteiger partial charge is 0.416 e. The number of alkyl halides is 3. The fourth-order valence-electron chi connectivity index (χ4n) is 4.77. The van der Waals surface area contributed by atoms with Gasteiger partial charge >= 0.3 is 6.18 Å². The van der Waals surface area contributed by atoms with E-state index in [1.807, 2.05) is 12.1 Å². The van der Waals surface area contributed by atoms with E-state index in [0.29, 0.717) is 36.7 Å². The Labute approximate surface area is 194 Å². The Bertz CT molecular complexity index is 1160. The molecule has 2 atom stereocenters. The van der Waals surface area contributed by atoms with E-state index in [2.05, 4.69) is 30.1 Å². The summed E-state index contributed by atoms with van der Waals surface area (Å²) in [4.78, 5) is 30.2. The minimum Gasteiger partial charge on any atom is -0.364 e. The molecule has 176 valence electrons. The van der Waals surface area contributed by atoms with E-state index in [1.54, 1.807) is 30.9 Å². The van der Waals surface area contributed by atoms with E-state index in [1.165, 1.54) is 12.1 Å². The van der Waals surface area contributed by atoms with Gasteiger partial charge in [0.2, 0.25) is 5.91 Å². The van der Waals surface area contributed by atoms with E-state index in [4.69, 9.17) is 0 Å². The molecule has 34 heavy (non-hydrogen) atoms. The van der Waals surface area contributed by atoms with Gasteiger partial charge in [-0.3, -0.25) is 14.8 Å². The molecule has 0 bridgehead atoms. The number of halogens is 3. The highest BCUT2D eigenvalue weighted by Crippen LogP contribution is 2.40. The van der Waals surface area contributed by atoms with Gasteiger partial charge in [-0.15, -0.1) is 0 Å². The van der Waals surface area contributed by atoms with Crippen molar-refractivity contribution in [2.24, 2.45) is 5.92 Å². The molecule has 0 saturated carbocycles. The number of rotatable bonds is 4. The summed E-state index contributed by atoms with van der Waals surface area (Å²) in [5.41, 5.74) is 1.31. The van der Waals surface area contributed by atoms with Crippen LogP contribution in [-0.2, 0) is 23.9 Å². The maximum Gasteiger partial charge on any atom is 0.416 e. The van der Waals surface area contributed by atoms with Crippen LogP contribution in [0.2, 0.25) is 0 Å². The van der Waals surface area contributed by atoms with Crippen molar-refractivity contribution in [1.82, 2.24) is 20.3 Å². The molecule has 4 heterocycles. The predicted molar refractivity (Wildman–Crippen MR) is 120 cm³/mol. The maximum absolute atomic E-state index is 13.4. The van der Waals surface area contributed by atoms with Gasteiger partial charge in [-0.05, 0) is 42.3 Å². The third-order valence-corrected chi connectivity index (χ3v) is 6.42. The molecule has 2 aliphatic rings. The van der Waals surface area contributed by atoms with Crippen molar-refractivity contribution in [3.05, 3.63) is 78.0 Å². The molecule has 1 saturated heterocycles. The molecule has 10 heteroatoms. The summed E-state index contributed by atoms with van der Waals surface area (Å²) >= 11 is 0. The lowest BCUT2D eigenvalue weighted by Crippen LogP contribution is -2.61. The second-order valence-corrected chi connectivity index (χ2v) is 8.46. The molecular formula is C24H23F3N6O. The van der Waals surface area contributed by atoms with Gasteiger partial charge in [0.15, 0.2) is 0 Å². The lowest BCUT2D eigenvalue weighted by atomic mass is 9.82. The smallest absolute Gasteiger partial charge is 0.364 e. The summed E-state index contributed by atoms with van der Waals surface area (Å²) in [5.74, 6) is -0.0168. The van der Waals surface area contributed by atoms with Crippen LogP contribution in [0.4, 0.5) is 24.7 Å². The highest BCUT2D eigenvalue weighted by molar-refractivity contribution is 5.82. The topological polar surface area (TPSA) is 74.2 Å². The number of fused-ring (bicyclic) bond motifs is 3. The number of pyridine rings is 1. The second kappa shape index (κ2) is 8.92. The fourth-order valence-corrected chi connectivity index (χ4v) is 4.77. The second-order valence-electron chi connectivity index (χ2n) is 8.46. The van der Waals surface area contributed by atoms with Crippen molar-refractivity contribution in [2.45, 2.75) is 25.2 Å². The molecule has 7 nitrogen and oxygen atoms in total. The standard InChI is InChI=1S/C24H23F3N6O/c25-24(26,27)17-4-5-20-16(11-17)12-19(23(34)31-13-18-3-1-2-6-29-18)21-15-32(9-10-33(20)21)22-14-28-7-8-30-22/h1-8,11,14,19,21H,9-10,12-13,15H2,(H,31,34). The maximum atomic E-state index is 13.4. The highest BCUT2D eigenvalue weighted by Gasteiger charge is 2.43. The zero-order valence-corrected chi connectivity index (χ0v) is 18.2. The summed E-state index contributed by atoms with van der Waals surface area (Å²) in [7, 11) is 0. The number of benzene rings is 1. The highest BCUT2D eigenvalue weighted by atomic mass is 19.4. The number of anilines is 2. The molecule has 2 aromatic heterocycles. The van der Waals surface area contributed by atoms with Crippen LogP contribution in [0, 0.1) is 5.92 Å². The van der Waals surface area contributed by atoms with Crippen LogP contribution in [0.15, 0.2) is 61.2 Å². The van der Waals surface area contributed by atoms with Crippen molar-refractivity contribution >= 4 is 17.4 Å². The van der Waals surface area contributed by atoms with Crippen LogP contribution >= 0.6 is 0 Å². The zero-order chi connectivity index (χ0) is 23.7. The van der Waals surface area contributed by atoms with E-state index >= 15 is 0 Å². The van der Waals surface area contributed by atoms with Gasteiger partial charge in [0, 0.05) is 43.9 Å². The molecule has 0 aliphatic carbocycles. The van der Waals surface area contributed by atoms with Crippen LogP contribution in [0.3, 0.4) is 0 Å². The van der Waals surface area contributed by atoms with Crippen LogP contribution < -0.4 is 15.1 Å². The first kappa shape index (κ1) is 22.1. The molecule has 1 amide bonds. The van der Waals surface area contributed by atoms with Gasteiger partial charge in [-0.25, -0.2) is 4.98 Å². The number of nitrogens with one attached hydrogen (secondary N) is 1. The van der Waals surface area contributed by atoms with Crippen molar-refractivity contribution in [3.8, 4) is 0 Å². The predicted octanol–water partition coefficient (Wildman–Crippen LogP) is 3.07. The molecule has 1 fully saturated rings. The average Bonchev–Trinajstić information content (AvgIpc) is 2.86. The van der Waals surface area contributed by atoms with E-state index in [9.17, 15) is 18.0 Å². The SMILES string of the molecule is O=C(NCc1ccccn1)C1Cc2cc(C(F)(F)F)ccc2N2CCN(c3cnccn3)CC12. The minimum atomic E-state index is -4.44. The average molecular weight is 468 g/mol. The monoisotopic (exact) mass is 468 g/mol. The van der Waals surface area contributed by atoms with E-state index < -0.39 is 17.7 Å². The van der Waals surface area contributed by atoms with Crippen LogP contribution in [0.5, 0.6) is 0 Å². The lowest BCUT2D eigenvalue weighted by molar-refractivity contribution is -0.137. The summed E-state index contributed by atoms with van der Waals surface area (Å²) in [6, 6.07) is 9.06. The number of hydrogen-bond donors (Lipinski definition) is 1. The fraction of sp³-hybridized carbons (Fsp3) is 0.333. The molecule has 2 unspecified atom stereocenters. The third kappa shape index (κ3) is 4.40. The minimum absolute atomic E-state index is 0.204. The third-order valence-electron chi connectivity index (χ3n) is 6.42. The number of carbonyl (C=O) groups excluding carboxylic acids is 1. The molecule has 0 spiro atoms. The number of aromatic nitrogens is 3. The van der Waals surface area contributed by atoms with E-state index in [-0.39, 0.29) is 24.9 Å². The van der Waals surface area contributed by atoms with Gasteiger partial charge in [0.25, 0.3) is 0 Å². The first-order valence-electron chi connectivity index (χ1n) is 11.1. The van der Waals surface area contributed by atoms with Gasteiger partial charge in [-0.2, -0.15) is 13.2 Å². The molecule has 1 aromatic carbocycles. The van der Waals surface area contributed by atoms with Gasteiger partial charge in [-0.1, -0.05) is 6.07 Å². The Morgan fingerprint density at radius 3 is 2.71 bits per heavy atom. The summed E-state index contributed by atoms with van der Waals surface area (Å²) < 4.78 is 40.1. The van der Waals surface area contributed by atoms with Crippen molar-refractivity contribution in [2.75, 3.05) is 29.4 Å². The summed E-state index contributed by atoms with van der Waals surface area (Å²) in [6.07, 6.45) is 2.34. The van der Waals surface area contributed by atoms with Crippen molar-refractivity contribution in [3.63, 3.8) is 0 Å². The first-order chi connectivity index (χ1) is 16.4. The Morgan fingerprint density at radius 1 is 1.09 bits per heavy atom. The number of carbonyl (C=O) groups is 1. The Hall–Kier alpha value is -3.69. The number of nitrogens with zero attached hydrogens (tertiary/aromatic N) is 5. The number of hydrogen-bond acceptors (Lipinski definition) is 6. The molecular weight excluding hydrogens is 445 g/mol. The lowest BCUT2D eigenvalue weighted by Gasteiger charge is -2.49. The number of piperazine rings is 1. The Morgan fingerprint density at radius 2 is 1.97 bits per heavy atom. The Kier molecular flexibility index (Phi) is 5.80. The quantitative estimate of drug-likeness (QED) is 0.635. The van der Waals surface area contributed by atoms with Crippen LogP contribution in [0.1, 0.15) is 16.8 Å². The normalized spacial score (nSPS) is 19.9. The number of amides is 1. The molecule has 0 radical (unpaired) electrons. The van der Waals surface area contributed by atoms with Gasteiger partial charge < -0.3 is 15.1 Å². The van der Waals surface area contributed by atoms with Crippen LogP contribution in [0.25, 0.3) is 0 Å². The van der Waals surface area contributed by atoms with E-state index in [0.717, 1.165) is 11.8 Å². The molecule has 2 aliphatic heterocycles. The van der Waals surface area contributed by atoms with Gasteiger partial charge in [0.1, 0.15) is 5.82 Å². The molecule has 5 rings (SSSR count). The van der Waals surface area contributed by atoms with Crippen LogP contribution in [-0.4, -0.2) is 46.5 Å². The summed E-state index contributed by atoms with van der Waals surface area (Å²) in [6.45, 7) is 1.95. The molecule has 1 N–H and O–H groups in total.